The Kier molecular flexibility index (Phi) is 3.56. The summed E-state index contributed by atoms with van der Waals surface area (Å²) in [4.78, 5) is 4.21. The van der Waals surface area contributed by atoms with Crippen LogP contribution < -0.4 is 10.1 Å². The number of benzene rings is 1. The second kappa shape index (κ2) is 5.67. The van der Waals surface area contributed by atoms with Crippen molar-refractivity contribution >= 4 is 6.08 Å². The number of hydrogen-bond donors (Lipinski definition) is 1. The maximum Gasteiger partial charge on any atom is 0.146 e. The van der Waals surface area contributed by atoms with Crippen molar-refractivity contribution in [3.8, 4) is 11.5 Å². The number of aromatic nitrogens is 1. The summed E-state index contributed by atoms with van der Waals surface area (Å²) in [6.07, 6.45) is 9.04. The highest BCUT2D eigenvalue weighted by Crippen LogP contribution is 2.21. The fraction of sp³-hybridized carbons (Fsp3) is 0.188. The lowest BCUT2D eigenvalue weighted by molar-refractivity contribution is 0.438. The van der Waals surface area contributed by atoms with Crippen LogP contribution in [0.25, 0.3) is 6.08 Å². The smallest absolute Gasteiger partial charge is 0.146 e. The van der Waals surface area contributed by atoms with E-state index < -0.39 is 0 Å². The van der Waals surface area contributed by atoms with E-state index in [-0.39, 0.29) is 0 Å². The largest absolute Gasteiger partial charge is 0.456 e. The van der Waals surface area contributed by atoms with Gasteiger partial charge in [0.1, 0.15) is 11.5 Å². The Morgan fingerprint density at radius 3 is 2.74 bits per heavy atom. The van der Waals surface area contributed by atoms with Gasteiger partial charge in [-0.15, -0.1) is 0 Å². The molecule has 1 atom stereocenters. The van der Waals surface area contributed by atoms with Gasteiger partial charge in [0.05, 0.1) is 6.20 Å². The van der Waals surface area contributed by atoms with Gasteiger partial charge in [-0.3, -0.25) is 4.98 Å². The summed E-state index contributed by atoms with van der Waals surface area (Å²) in [6, 6.07) is 12.2. The molecule has 1 aliphatic heterocycles. The molecule has 0 spiro atoms. The number of ether oxygens (including phenoxy) is 1. The number of pyridine rings is 1. The first-order chi connectivity index (χ1) is 9.40. The van der Waals surface area contributed by atoms with Gasteiger partial charge in [-0.05, 0) is 36.7 Å². The van der Waals surface area contributed by atoms with Crippen LogP contribution in [0.1, 0.15) is 12.0 Å². The molecule has 1 N–H and O–H groups in total. The lowest BCUT2D eigenvalue weighted by Crippen LogP contribution is -2.40. The van der Waals surface area contributed by atoms with Crippen LogP contribution in [0.5, 0.6) is 11.5 Å². The molecule has 2 aromatic rings. The summed E-state index contributed by atoms with van der Waals surface area (Å²) in [5, 5.41) is 3.33. The number of hydrogen-bond acceptors (Lipinski definition) is 3. The van der Waals surface area contributed by atoms with E-state index in [4.69, 9.17) is 4.74 Å². The van der Waals surface area contributed by atoms with Crippen LogP contribution in [0.15, 0.2) is 54.9 Å². The topological polar surface area (TPSA) is 34.2 Å². The molecule has 3 nitrogen and oxygen atoms in total. The lowest BCUT2D eigenvalue weighted by Gasteiger charge is -2.24. The lowest BCUT2D eigenvalue weighted by atomic mass is 10.1. The highest BCUT2D eigenvalue weighted by atomic mass is 16.5. The van der Waals surface area contributed by atoms with Gasteiger partial charge in [0.15, 0.2) is 0 Å². The summed E-state index contributed by atoms with van der Waals surface area (Å²) in [5.41, 5.74) is 1.06. The number of rotatable bonds is 4. The van der Waals surface area contributed by atoms with E-state index in [2.05, 4.69) is 22.5 Å². The Labute approximate surface area is 113 Å². The summed E-state index contributed by atoms with van der Waals surface area (Å²) in [5.74, 6) is 1.58. The van der Waals surface area contributed by atoms with Gasteiger partial charge in [0.25, 0.3) is 0 Å². The predicted molar refractivity (Wildman–Crippen MR) is 76.2 cm³/mol. The van der Waals surface area contributed by atoms with Crippen molar-refractivity contribution in [1.29, 1.82) is 0 Å². The SMILES string of the molecule is C(=CC1CCN1)c1cncc(Oc2ccccc2)c1. The molecule has 3 heteroatoms. The minimum Gasteiger partial charge on any atom is -0.456 e. The molecule has 2 heterocycles. The Morgan fingerprint density at radius 2 is 2.00 bits per heavy atom. The van der Waals surface area contributed by atoms with E-state index in [1.54, 1.807) is 6.20 Å². The third-order valence-corrected chi connectivity index (χ3v) is 3.10. The van der Waals surface area contributed by atoms with E-state index in [9.17, 15) is 0 Å². The molecule has 0 amide bonds. The molecular formula is C16H16N2O. The molecule has 1 aromatic heterocycles. The molecule has 19 heavy (non-hydrogen) atoms. The van der Waals surface area contributed by atoms with Gasteiger partial charge in [0.2, 0.25) is 0 Å². The Bertz CT molecular complexity index is 562. The number of para-hydroxylation sites is 1. The van der Waals surface area contributed by atoms with Crippen molar-refractivity contribution in [2.45, 2.75) is 12.5 Å². The summed E-state index contributed by atoms with van der Waals surface area (Å²) < 4.78 is 5.75. The first-order valence-electron chi connectivity index (χ1n) is 6.50. The molecule has 96 valence electrons. The average molecular weight is 252 g/mol. The Morgan fingerprint density at radius 1 is 1.16 bits per heavy atom. The van der Waals surface area contributed by atoms with Crippen LogP contribution in [0.4, 0.5) is 0 Å². The van der Waals surface area contributed by atoms with Crippen molar-refractivity contribution in [2.24, 2.45) is 0 Å². The van der Waals surface area contributed by atoms with Crippen molar-refractivity contribution in [2.75, 3.05) is 6.54 Å². The van der Waals surface area contributed by atoms with Crippen LogP contribution in [0, 0.1) is 0 Å². The van der Waals surface area contributed by atoms with Crippen molar-refractivity contribution in [1.82, 2.24) is 10.3 Å². The number of nitrogens with one attached hydrogen (secondary N) is 1. The molecule has 0 saturated carbocycles. The van der Waals surface area contributed by atoms with E-state index in [1.807, 2.05) is 42.6 Å². The van der Waals surface area contributed by atoms with Crippen LogP contribution in [0.3, 0.4) is 0 Å². The zero-order chi connectivity index (χ0) is 12.9. The highest BCUT2D eigenvalue weighted by molar-refractivity contribution is 5.51. The second-order valence-corrected chi connectivity index (χ2v) is 4.58. The maximum atomic E-state index is 5.75. The molecule has 3 rings (SSSR count). The van der Waals surface area contributed by atoms with Crippen LogP contribution in [-0.4, -0.2) is 17.6 Å². The monoisotopic (exact) mass is 252 g/mol. The molecule has 0 bridgehead atoms. The van der Waals surface area contributed by atoms with E-state index in [0.717, 1.165) is 23.6 Å². The molecule has 1 fully saturated rings. The molecule has 1 aromatic carbocycles. The Hall–Kier alpha value is -2.13. The molecule has 0 aliphatic carbocycles. The van der Waals surface area contributed by atoms with Gasteiger partial charge >= 0.3 is 0 Å². The first-order valence-corrected chi connectivity index (χ1v) is 6.50. The maximum absolute atomic E-state index is 5.75. The standard InChI is InChI=1S/C16H16N2O/c1-2-4-15(5-3-1)19-16-10-13(11-17-12-16)6-7-14-8-9-18-14/h1-7,10-12,14,18H,8-9H2. The van der Waals surface area contributed by atoms with Crippen molar-refractivity contribution < 1.29 is 4.74 Å². The normalized spacial score (nSPS) is 18.2. The molecule has 1 aliphatic rings. The van der Waals surface area contributed by atoms with Gasteiger partial charge in [-0.1, -0.05) is 30.4 Å². The van der Waals surface area contributed by atoms with Gasteiger partial charge in [-0.25, -0.2) is 0 Å². The van der Waals surface area contributed by atoms with Crippen LogP contribution >= 0.6 is 0 Å². The van der Waals surface area contributed by atoms with E-state index in [0.29, 0.717) is 6.04 Å². The van der Waals surface area contributed by atoms with Crippen LogP contribution in [0.2, 0.25) is 0 Å². The van der Waals surface area contributed by atoms with Crippen molar-refractivity contribution in [3.63, 3.8) is 0 Å². The summed E-state index contributed by atoms with van der Waals surface area (Å²) in [6.45, 7) is 1.12. The second-order valence-electron chi connectivity index (χ2n) is 4.58. The van der Waals surface area contributed by atoms with Crippen molar-refractivity contribution in [3.05, 3.63) is 60.4 Å². The highest BCUT2D eigenvalue weighted by Gasteiger charge is 2.11. The zero-order valence-electron chi connectivity index (χ0n) is 10.6. The van der Waals surface area contributed by atoms with Crippen LogP contribution in [-0.2, 0) is 0 Å². The quantitative estimate of drug-likeness (QED) is 0.907. The molecule has 0 radical (unpaired) electrons. The Balaban J connectivity index is 1.70. The molecule has 1 saturated heterocycles. The van der Waals surface area contributed by atoms with Gasteiger partial charge in [-0.2, -0.15) is 0 Å². The predicted octanol–water partition coefficient (Wildman–Crippen LogP) is 3.25. The summed E-state index contributed by atoms with van der Waals surface area (Å²) in [7, 11) is 0. The van der Waals surface area contributed by atoms with E-state index in [1.165, 1.54) is 6.42 Å². The van der Waals surface area contributed by atoms with E-state index >= 15 is 0 Å². The van der Waals surface area contributed by atoms with Gasteiger partial charge < -0.3 is 10.1 Å². The molecule has 1 unspecified atom stereocenters. The average Bonchev–Trinajstić information content (AvgIpc) is 2.39. The number of nitrogens with zero attached hydrogens (tertiary/aromatic N) is 1. The first kappa shape index (κ1) is 11.9. The molecular weight excluding hydrogens is 236 g/mol. The fourth-order valence-corrected chi connectivity index (χ4v) is 1.91. The minimum atomic E-state index is 0.513. The fourth-order valence-electron chi connectivity index (χ4n) is 1.91. The van der Waals surface area contributed by atoms with Gasteiger partial charge in [0, 0.05) is 12.2 Å². The third kappa shape index (κ3) is 3.20. The summed E-state index contributed by atoms with van der Waals surface area (Å²) >= 11 is 0. The minimum absolute atomic E-state index is 0.513. The third-order valence-electron chi connectivity index (χ3n) is 3.10. The zero-order valence-corrected chi connectivity index (χ0v) is 10.6.